The highest BCUT2D eigenvalue weighted by Crippen LogP contribution is 2.35. The van der Waals surface area contributed by atoms with Crippen LogP contribution in [-0.2, 0) is 0 Å². The maximum absolute atomic E-state index is 13.9. The van der Waals surface area contributed by atoms with Gasteiger partial charge in [0, 0.05) is 21.2 Å². The molecule has 2 aromatic rings. The Labute approximate surface area is 117 Å². The number of ketones is 2. The van der Waals surface area contributed by atoms with Crippen molar-refractivity contribution >= 4 is 27.5 Å². The number of Topliss-reactive ketones (excluding diaryl/α,β-unsaturated/α-hetero) is 2. The number of hydrogen-bond donors (Lipinski definition) is 0. The van der Waals surface area contributed by atoms with Crippen LogP contribution in [-0.4, -0.2) is 11.6 Å². The molecule has 1 aliphatic rings. The Balaban J connectivity index is 2.14. The van der Waals surface area contributed by atoms with Gasteiger partial charge in [0.05, 0.1) is 0 Å². The van der Waals surface area contributed by atoms with Gasteiger partial charge in [-0.15, -0.1) is 0 Å². The molecule has 0 radical (unpaired) electrons. The Morgan fingerprint density at radius 2 is 1.53 bits per heavy atom. The van der Waals surface area contributed by atoms with Crippen molar-refractivity contribution in [2.24, 2.45) is 0 Å². The highest BCUT2D eigenvalue weighted by atomic mass is 79.9. The minimum atomic E-state index is -1.05. The molecule has 4 heteroatoms. The average molecular weight is 319 g/mol. The van der Waals surface area contributed by atoms with Crippen molar-refractivity contribution in [2.75, 3.05) is 0 Å². The molecule has 0 aliphatic heterocycles. The second kappa shape index (κ2) is 4.38. The van der Waals surface area contributed by atoms with Gasteiger partial charge in [-0.2, -0.15) is 0 Å². The lowest BCUT2D eigenvalue weighted by Crippen LogP contribution is -2.14. The number of carbonyl (C=O) groups excluding carboxylic acids is 2. The van der Waals surface area contributed by atoms with Crippen molar-refractivity contribution in [1.82, 2.24) is 0 Å². The van der Waals surface area contributed by atoms with Crippen LogP contribution in [0.4, 0.5) is 4.39 Å². The molecule has 0 fully saturated rings. The molecule has 0 bridgehead atoms. The number of halogens is 2. The summed E-state index contributed by atoms with van der Waals surface area (Å²) in [5.41, 5.74) is 0.883. The summed E-state index contributed by atoms with van der Waals surface area (Å²) in [6.07, 6.45) is 0. The van der Waals surface area contributed by atoms with Crippen LogP contribution in [0.5, 0.6) is 0 Å². The molecule has 0 saturated heterocycles. The molecule has 0 heterocycles. The molecule has 2 aromatic carbocycles. The van der Waals surface area contributed by atoms with Gasteiger partial charge >= 0.3 is 0 Å². The van der Waals surface area contributed by atoms with E-state index >= 15 is 0 Å². The normalized spacial score (nSPS) is 14.8. The summed E-state index contributed by atoms with van der Waals surface area (Å²) in [5, 5.41) is 0. The van der Waals surface area contributed by atoms with Crippen molar-refractivity contribution < 1.29 is 14.0 Å². The third-order valence-corrected chi connectivity index (χ3v) is 3.75. The summed E-state index contributed by atoms with van der Waals surface area (Å²) in [4.78, 5) is 24.5. The molecule has 0 aromatic heterocycles. The van der Waals surface area contributed by atoms with Crippen LogP contribution < -0.4 is 0 Å². The van der Waals surface area contributed by atoms with E-state index in [-0.39, 0.29) is 17.1 Å². The number of fused-ring (bicyclic) bond motifs is 1. The molecule has 0 amide bonds. The van der Waals surface area contributed by atoms with Crippen molar-refractivity contribution in [3.63, 3.8) is 0 Å². The third-order valence-electron chi connectivity index (χ3n) is 3.26. The van der Waals surface area contributed by atoms with Crippen LogP contribution in [0.3, 0.4) is 0 Å². The molecule has 94 valence electrons. The highest BCUT2D eigenvalue weighted by molar-refractivity contribution is 9.10. The van der Waals surface area contributed by atoms with Crippen molar-refractivity contribution in [3.05, 3.63) is 69.4 Å². The van der Waals surface area contributed by atoms with Crippen LogP contribution in [0, 0.1) is 5.82 Å². The topological polar surface area (TPSA) is 34.1 Å². The maximum atomic E-state index is 13.9. The highest BCUT2D eigenvalue weighted by Gasteiger charge is 2.40. The number of benzene rings is 2. The monoisotopic (exact) mass is 318 g/mol. The first kappa shape index (κ1) is 12.2. The Bertz CT molecular complexity index is 674. The van der Waals surface area contributed by atoms with E-state index in [1.165, 1.54) is 12.1 Å². The Kier molecular flexibility index (Phi) is 2.82. The molecule has 0 N–H and O–H groups in total. The Hall–Kier alpha value is -1.81. The molecule has 0 atom stereocenters. The summed E-state index contributed by atoms with van der Waals surface area (Å²) in [6.45, 7) is 0. The van der Waals surface area contributed by atoms with E-state index < -0.39 is 11.7 Å². The summed E-state index contributed by atoms with van der Waals surface area (Å²) in [5.74, 6) is -2.26. The zero-order valence-electron chi connectivity index (χ0n) is 9.69. The quantitative estimate of drug-likeness (QED) is 0.750. The fraction of sp³-hybridized carbons (Fsp3) is 0.0667. The van der Waals surface area contributed by atoms with Gasteiger partial charge in [-0.3, -0.25) is 9.59 Å². The molecule has 0 spiro atoms. The second-order valence-electron chi connectivity index (χ2n) is 4.37. The first-order valence-corrected chi connectivity index (χ1v) is 6.51. The van der Waals surface area contributed by atoms with Gasteiger partial charge in [0.1, 0.15) is 11.7 Å². The van der Waals surface area contributed by atoms with Gasteiger partial charge in [-0.1, -0.05) is 46.3 Å². The average Bonchev–Trinajstić information content (AvgIpc) is 2.64. The predicted octanol–water partition coefficient (Wildman–Crippen LogP) is 3.75. The van der Waals surface area contributed by atoms with Crippen LogP contribution in [0.2, 0.25) is 0 Å². The SMILES string of the molecule is O=C1c2ccccc2C(=O)C1c1ccc(Br)cc1F. The van der Waals surface area contributed by atoms with E-state index in [9.17, 15) is 14.0 Å². The van der Waals surface area contributed by atoms with Crippen molar-refractivity contribution in [3.8, 4) is 0 Å². The van der Waals surface area contributed by atoms with E-state index in [4.69, 9.17) is 0 Å². The lowest BCUT2D eigenvalue weighted by atomic mass is 9.94. The standard InChI is InChI=1S/C15H8BrFO2/c16-8-5-6-11(12(17)7-8)13-14(18)9-3-1-2-4-10(9)15(13)19/h1-7,13H. The van der Waals surface area contributed by atoms with E-state index in [0.717, 1.165) is 0 Å². The van der Waals surface area contributed by atoms with E-state index in [0.29, 0.717) is 15.6 Å². The Morgan fingerprint density at radius 1 is 0.947 bits per heavy atom. The first-order valence-electron chi connectivity index (χ1n) is 5.72. The molecule has 0 saturated carbocycles. The van der Waals surface area contributed by atoms with E-state index in [1.54, 1.807) is 30.3 Å². The number of hydrogen-bond acceptors (Lipinski definition) is 2. The fourth-order valence-corrected chi connectivity index (χ4v) is 2.69. The third kappa shape index (κ3) is 1.83. The summed E-state index contributed by atoms with van der Waals surface area (Å²) in [6, 6.07) is 11.0. The summed E-state index contributed by atoms with van der Waals surface area (Å²) in [7, 11) is 0. The molecule has 0 unspecified atom stereocenters. The van der Waals surface area contributed by atoms with Gasteiger partial charge in [0.15, 0.2) is 11.6 Å². The molecule has 1 aliphatic carbocycles. The summed E-state index contributed by atoms with van der Waals surface area (Å²) >= 11 is 3.15. The number of rotatable bonds is 1. The zero-order valence-corrected chi connectivity index (χ0v) is 11.3. The smallest absolute Gasteiger partial charge is 0.178 e. The van der Waals surface area contributed by atoms with Crippen molar-refractivity contribution in [1.29, 1.82) is 0 Å². The van der Waals surface area contributed by atoms with Crippen LogP contribution in [0.15, 0.2) is 46.9 Å². The molecular weight excluding hydrogens is 311 g/mol. The maximum Gasteiger partial charge on any atom is 0.178 e. The minimum Gasteiger partial charge on any atom is -0.293 e. The lowest BCUT2D eigenvalue weighted by molar-refractivity contribution is 0.0888. The van der Waals surface area contributed by atoms with Gasteiger partial charge in [0.2, 0.25) is 0 Å². The van der Waals surface area contributed by atoms with Crippen LogP contribution in [0.1, 0.15) is 32.2 Å². The molecule has 2 nitrogen and oxygen atoms in total. The van der Waals surface area contributed by atoms with Gasteiger partial charge in [-0.25, -0.2) is 4.39 Å². The Morgan fingerprint density at radius 3 is 2.05 bits per heavy atom. The molecule has 19 heavy (non-hydrogen) atoms. The minimum absolute atomic E-state index is 0.134. The summed E-state index contributed by atoms with van der Waals surface area (Å²) < 4.78 is 14.5. The van der Waals surface area contributed by atoms with E-state index in [1.807, 2.05) is 0 Å². The van der Waals surface area contributed by atoms with E-state index in [2.05, 4.69) is 15.9 Å². The van der Waals surface area contributed by atoms with Gasteiger partial charge < -0.3 is 0 Å². The second-order valence-corrected chi connectivity index (χ2v) is 5.29. The molecule has 3 rings (SSSR count). The van der Waals surface area contributed by atoms with Crippen LogP contribution in [0.25, 0.3) is 0 Å². The van der Waals surface area contributed by atoms with Crippen LogP contribution >= 0.6 is 15.9 Å². The fourth-order valence-electron chi connectivity index (χ4n) is 2.36. The lowest BCUT2D eigenvalue weighted by Gasteiger charge is -2.08. The number of carbonyl (C=O) groups is 2. The predicted molar refractivity (Wildman–Crippen MR) is 71.9 cm³/mol. The largest absolute Gasteiger partial charge is 0.293 e. The first-order chi connectivity index (χ1) is 9.09. The van der Waals surface area contributed by atoms with Gasteiger partial charge in [0.25, 0.3) is 0 Å². The van der Waals surface area contributed by atoms with Gasteiger partial charge in [-0.05, 0) is 12.1 Å². The van der Waals surface area contributed by atoms with Crippen molar-refractivity contribution in [2.45, 2.75) is 5.92 Å². The zero-order chi connectivity index (χ0) is 13.6. The molecular formula is C15H8BrFO2.